The molecule has 5 nitrogen and oxygen atoms in total. The molecule has 1 amide bonds. The Morgan fingerprint density at radius 1 is 1.32 bits per heavy atom. The van der Waals surface area contributed by atoms with Crippen LogP contribution in [0.15, 0.2) is 18.2 Å². The Kier molecular flexibility index (Phi) is 3.85. The Morgan fingerprint density at radius 2 is 1.95 bits per heavy atom. The van der Waals surface area contributed by atoms with Crippen LogP contribution >= 0.6 is 0 Å². The van der Waals surface area contributed by atoms with Gasteiger partial charge in [0.25, 0.3) is 5.91 Å². The number of amides is 1. The van der Waals surface area contributed by atoms with Gasteiger partial charge in [0, 0.05) is 25.2 Å². The van der Waals surface area contributed by atoms with Gasteiger partial charge in [-0.1, -0.05) is 18.2 Å². The molecule has 1 aromatic carbocycles. The first-order chi connectivity index (χ1) is 9.02. The van der Waals surface area contributed by atoms with E-state index in [9.17, 15) is 14.7 Å². The molecular weight excluding hydrogens is 244 g/mol. The van der Waals surface area contributed by atoms with Crippen molar-refractivity contribution in [2.45, 2.75) is 19.9 Å². The second-order valence-electron chi connectivity index (χ2n) is 4.82. The molecule has 1 atom stereocenters. The highest BCUT2D eigenvalue weighted by molar-refractivity contribution is 5.99. The van der Waals surface area contributed by atoms with Gasteiger partial charge in [0.05, 0.1) is 0 Å². The molecule has 0 saturated carbocycles. The molecule has 1 saturated heterocycles. The Balaban J connectivity index is 2.34. The van der Waals surface area contributed by atoms with Gasteiger partial charge in [0.2, 0.25) is 0 Å². The molecule has 1 unspecified atom stereocenters. The largest absolute Gasteiger partial charge is 0.480 e. The molecule has 0 aliphatic carbocycles. The highest BCUT2D eigenvalue weighted by Gasteiger charge is 2.33. The zero-order chi connectivity index (χ0) is 14.0. The smallest absolute Gasteiger partial charge is 0.327 e. The van der Waals surface area contributed by atoms with E-state index in [1.165, 1.54) is 4.90 Å². The van der Waals surface area contributed by atoms with E-state index in [1.807, 2.05) is 32.0 Å². The second-order valence-corrected chi connectivity index (χ2v) is 4.82. The summed E-state index contributed by atoms with van der Waals surface area (Å²) >= 11 is 0. The number of nitrogens with zero attached hydrogens (tertiary/aromatic N) is 1. The summed E-state index contributed by atoms with van der Waals surface area (Å²) in [5, 5.41) is 12.2. The summed E-state index contributed by atoms with van der Waals surface area (Å²) in [6.07, 6.45) is 0. The highest BCUT2D eigenvalue weighted by atomic mass is 16.4. The van der Waals surface area contributed by atoms with Crippen LogP contribution in [0.4, 0.5) is 0 Å². The normalized spacial score (nSPS) is 19.3. The summed E-state index contributed by atoms with van der Waals surface area (Å²) in [4.78, 5) is 25.3. The maximum atomic E-state index is 12.6. The van der Waals surface area contributed by atoms with E-state index < -0.39 is 12.0 Å². The lowest BCUT2D eigenvalue weighted by molar-refractivity contribution is -0.142. The number of hydrogen-bond donors (Lipinski definition) is 2. The van der Waals surface area contributed by atoms with Crippen molar-refractivity contribution < 1.29 is 14.7 Å². The number of carboxylic acids is 1. The van der Waals surface area contributed by atoms with Gasteiger partial charge < -0.3 is 15.3 Å². The van der Waals surface area contributed by atoms with Crippen molar-refractivity contribution in [3.05, 3.63) is 34.9 Å². The van der Waals surface area contributed by atoms with Crippen LogP contribution in [0.25, 0.3) is 0 Å². The Bertz CT molecular complexity index is 493. The summed E-state index contributed by atoms with van der Waals surface area (Å²) in [5.74, 6) is -1.16. The molecule has 1 fully saturated rings. The van der Waals surface area contributed by atoms with Crippen molar-refractivity contribution in [3.8, 4) is 0 Å². The third-order valence-corrected chi connectivity index (χ3v) is 3.48. The molecule has 102 valence electrons. The summed E-state index contributed by atoms with van der Waals surface area (Å²) in [7, 11) is 0. The number of aryl methyl sites for hydroxylation is 2. The van der Waals surface area contributed by atoms with Crippen molar-refractivity contribution in [3.63, 3.8) is 0 Å². The lowest BCUT2D eigenvalue weighted by Crippen LogP contribution is -2.57. The number of carbonyl (C=O) groups excluding carboxylic acids is 1. The topological polar surface area (TPSA) is 69.6 Å². The van der Waals surface area contributed by atoms with Crippen molar-refractivity contribution in [2.24, 2.45) is 0 Å². The van der Waals surface area contributed by atoms with Crippen molar-refractivity contribution in [1.29, 1.82) is 0 Å². The van der Waals surface area contributed by atoms with Gasteiger partial charge >= 0.3 is 5.97 Å². The van der Waals surface area contributed by atoms with Gasteiger partial charge in [0.1, 0.15) is 6.04 Å². The molecule has 0 radical (unpaired) electrons. The summed E-state index contributed by atoms with van der Waals surface area (Å²) in [6.45, 7) is 5.09. The minimum absolute atomic E-state index is 0.190. The Morgan fingerprint density at radius 3 is 2.53 bits per heavy atom. The van der Waals surface area contributed by atoms with Gasteiger partial charge in [-0.3, -0.25) is 4.79 Å². The lowest BCUT2D eigenvalue weighted by atomic mass is 10.0. The van der Waals surface area contributed by atoms with E-state index in [2.05, 4.69) is 5.32 Å². The summed E-state index contributed by atoms with van der Waals surface area (Å²) in [6, 6.07) is 4.85. The van der Waals surface area contributed by atoms with Crippen molar-refractivity contribution in [1.82, 2.24) is 10.2 Å². The third-order valence-electron chi connectivity index (χ3n) is 3.48. The van der Waals surface area contributed by atoms with Crippen LogP contribution in [0.3, 0.4) is 0 Å². The SMILES string of the molecule is Cc1cccc(C)c1C(=O)N1CCNCC1C(=O)O. The molecule has 1 aromatic rings. The van der Waals surface area contributed by atoms with Crippen molar-refractivity contribution in [2.75, 3.05) is 19.6 Å². The minimum Gasteiger partial charge on any atom is -0.480 e. The summed E-state index contributed by atoms with van der Waals surface area (Å²) < 4.78 is 0. The molecule has 5 heteroatoms. The fourth-order valence-corrected chi connectivity index (χ4v) is 2.46. The monoisotopic (exact) mass is 262 g/mol. The zero-order valence-corrected chi connectivity index (χ0v) is 11.1. The number of benzene rings is 1. The maximum Gasteiger partial charge on any atom is 0.327 e. The third kappa shape index (κ3) is 2.61. The van der Waals surface area contributed by atoms with Gasteiger partial charge in [-0.05, 0) is 25.0 Å². The quantitative estimate of drug-likeness (QED) is 0.827. The predicted molar refractivity (Wildman–Crippen MR) is 71.2 cm³/mol. The predicted octanol–water partition coefficient (Wildman–Crippen LogP) is 0.802. The van der Waals surface area contributed by atoms with Crippen LogP contribution in [0.1, 0.15) is 21.5 Å². The molecule has 2 N–H and O–H groups in total. The Labute approximate surface area is 112 Å². The molecule has 2 rings (SSSR count). The standard InChI is InChI=1S/C14H18N2O3/c1-9-4-3-5-10(2)12(9)13(17)16-7-6-15-8-11(16)14(18)19/h3-5,11,15H,6-8H2,1-2H3,(H,18,19). The van der Waals surface area contributed by atoms with Crippen LogP contribution in [-0.4, -0.2) is 47.6 Å². The van der Waals surface area contributed by atoms with Crippen LogP contribution < -0.4 is 5.32 Å². The number of hydrogen-bond acceptors (Lipinski definition) is 3. The summed E-state index contributed by atoms with van der Waals surface area (Å²) in [5.41, 5.74) is 2.39. The average molecular weight is 262 g/mol. The molecule has 0 aromatic heterocycles. The number of carboxylic acid groups (broad SMARTS) is 1. The van der Waals surface area contributed by atoms with E-state index >= 15 is 0 Å². The molecule has 0 spiro atoms. The number of carbonyl (C=O) groups is 2. The van der Waals surface area contributed by atoms with Crippen molar-refractivity contribution >= 4 is 11.9 Å². The average Bonchev–Trinajstić information content (AvgIpc) is 2.38. The number of nitrogens with one attached hydrogen (secondary N) is 1. The van der Waals surface area contributed by atoms with E-state index in [0.29, 0.717) is 25.2 Å². The molecule has 19 heavy (non-hydrogen) atoms. The fourth-order valence-electron chi connectivity index (χ4n) is 2.46. The molecular formula is C14H18N2O3. The first-order valence-corrected chi connectivity index (χ1v) is 6.33. The number of piperazine rings is 1. The van der Waals surface area contributed by atoms with E-state index in [4.69, 9.17) is 0 Å². The Hall–Kier alpha value is -1.88. The highest BCUT2D eigenvalue weighted by Crippen LogP contribution is 2.18. The second kappa shape index (κ2) is 5.40. The number of rotatable bonds is 2. The number of aliphatic carboxylic acids is 1. The van der Waals surface area contributed by atoms with Gasteiger partial charge in [-0.25, -0.2) is 4.79 Å². The molecule has 1 aliphatic rings. The minimum atomic E-state index is -0.966. The fraction of sp³-hybridized carbons (Fsp3) is 0.429. The van der Waals surface area contributed by atoms with Crippen LogP contribution in [0, 0.1) is 13.8 Å². The van der Waals surface area contributed by atoms with Crippen LogP contribution in [0.5, 0.6) is 0 Å². The van der Waals surface area contributed by atoms with Crippen LogP contribution in [0.2, 0.25) is 0 Å². The maximum absolute atomic E-state index is 12.6. The zero-order valence-electron chi connectivity index (χ0n) is 11.1. The van der Waals surface area contributed by atoms with E-state index in [1.54, 1.807) is 0 Å². The first kappa shape index (κ1) is 13.5. The van der Waals surface area contributed by atoms with Crippen LogP contribution in [-0.2, 0) is 4.79 Å². The van der Waals surface area contributed by atoms with Gasteiger partial charge in [0.15, 0.2) is 0 Å². The molecule has 0 bridgehead atoms. The van der Waals surface area contributed by atoms with Gasteiger partial charge in [-0.2, -0.15) is 0 Å². The molecule has 1 heterocycles. The lowest BCUT2D eigenvalue weighted by Gasteiger charge is -2.34. The van der Waals surface area contributed by atoms with E-state index in [0.717, 1.165) is 11.1 Å². The molecule has 1 aliphatic heterocycles. The van der Waals surface area contributed by atoms with E-state index in [-0.39, 0.29) is 5.91 Å². The van der Waals surface area contributed by atoms with Gasteiger partial charge in [-0.15, -0.1) is 0 Å². The first-order valence-electron chi connectivity index (χ1n) is 6.33.